The predicted octanol–water partition coefficient (Wildman–Crippen LogP) is 2.86. The molecular formula is C13H15N5OS. The topological polar surface area (TPSA) is 82.2 Å². The number of aromatic nitrogens is 4. The molecular weight excluding hydrogens is 274 g/mol. The van der Waals surface area contributed by atoms with E-state index in [2.05, 4.69) is 22.0 Å². The average molecular weight is 289 g/mol. The predicted molar refractivity (Wildman–Crippen MR) is 78.5 cm³/mol. The second kappa shape index (κ2) is 5.54. The maximum absolute atomic E-state index is 5.56. The molecule has 7 heteroatoms. The molecule has 0 unspecified atom stereocenters. The Morgan fingerprint density at radius 1 is 1.40 bits per heavy atom. The molecule has 0 saturated heterocycles. The smallest absolute Gasteiger partial charge is 0.218 e. The molecule has 104 valence electrons. The molecule has 0 fully saturated rings. The minimum absolute atomic E-state index is 0.354. The van der Waals surface area contributed by atoms with Crippen molar-refractivity contribution in [2.45, 2.75) is 24.8 Å². The van der Waals surface area contributed by atoms with Crippen LogP contribution in [0.3, 0.4) is 0 Å². The average Bonchev–Trinajstić information content (AvgIpc) is 3.04. The maximum Gasteiger partial charge on any atom is 0.218 e. The van der Waals surface area contributed by atoms with Crippen LogP contribution >= 0.6 is 11.8 Å². The summed E-state index contributed by atoms with van der Waals surface area (Å²) in [5, 5.41) is 5.28. The molecule has 2 N–H and O–H groups in total. The van der Waals surface area contributed by atoms with Gasteiger partial charge < -0.3 is 10.2 Å². The molecule has 0 atom stereocenters. The highest BCUT2D eigenvalue weighted by molar-refractivity contribution is 7.99. The third-order valence-electron chi connectivity index (χ3n) is 2.80. The van der Waals surface area contributed by atoms with Crippen molar-refractivity contribution < 1.29 is 4.42 Å². The first-order chi connectivity index (χ1) is 9.76. The largest absolute Gasteiger partial charge is 0.438 e. The second-order valence-corrected chi connectivity index (χ2v) is 5.48. The number of hydrogen-bond donors (Lipinski definition) is 1. The highest BCUT2D eigenvalue weighted by atomic mass is 32.2. The first-order valence-corrected chi connectivity index (χ1v) is 7.45. The van der Waals surface area contributed by atoms with Crippen LogP contribution in [-0.4, -0.2) is 25.3 Å². The van der Waals surface area contributed by atoms with Crippen molar-refractivity contribution in [1.29, 1.82) is 0 Å². The third kappa shape index (κ3) is 2.62. The van der Waals surface area contributed by atoms with Crippen molar-refractivity contribution in [3.8, 4) is 11.6 Å². The van der Waals surface area contributed by atoms with Crippen molar-refractivity contribution in [1.82, 2.24) is 19.6 Å². The lowest BCUT2D eigenvalue weighted by Crippen LogP contribution is -1.91. The monoisotopic (exact) mass is 289 g/mol. The van der Waals surface area contributed by atoms with Gasteiger partial charge in [0.05, 0.1) is 0 Å². The minimum Gasteiger partial charge on any atom is -0.438 e. The summed E-state index contributed by atoms with van der Waals surface area (Å²) in [5.74, 6) is 2.49. The van der Waals surface area contributed by atoms with E-state index in [1.54, 1.807) is 34.7 Å². The quantitative estimate of drug-likeness (QED) is 0.442. The van der Waals surface area contributed by atoms with E-state index in [4.69, 9.17) is 10.2 Å². The number of nitrogens with two attached hydrogens (primary N) is 1. The number of unbranched alkanes of at least 4 members (excludes halogenated alkanes) is 1. The van der Waals surface area contributed by atoms with E-state index in [0.29, 0.717) is 17.5 Å². The van der Waals surface area contributed by atoms with Gasteiger partial charge in [-0.05, 0) is 18.2 Å². The fourth-order valence-electron chi connectivity index (χ4n) is 1.76. The molecule has 3 rings (SSSR count). The van der Waals surface area contributed by atoms with Gasteiger partial charge in [0.2, 0.25) is 5.82 Å². The van der Waals surface area contributed by atoms with E-state index in [-0.39, 0.29) is 0 Å². The summed E-state index contributed by atoms with van der Waals surface area (Å²) in [5.41, 5.74) is 6.31. The van der Waals surface area contributed by atoms with Gasteiger partial charge in [0, 0.05) is 12.1 Å². The van der Waals surface area contributed by atoms with Crippen LogP contribution in [0.1, 0.15) is 19.8 Å². The summed E-state index contributed by atoms with van der Waals surface area (Å²) in [6.07, 6.45) is 4.04. The first kappa shape index (κ1) is 13.0. The highest BCUT2D eigenvalue weighted by Gasteiger charge is 2.11. The summed E-state index contributed by atoms with van der Waals surface area (Å²) in [6, 6.07) is 5.38. The SMILES string of the molecule is CCCCSc1cc2nc(-c3ccc(N)o3)nn2cn1. The summed E-state index contributed by atoms with van der Waals surface area (Å²) < 4.78 is 6.96. The normalized spacial score (nSPS) is 11.2. The summed E-state index contributed by atoms with van der Waals surface area (Å²) >= 11 is 1.73. The minimum atomic E-state index is 0.354. The molecule has 0 radical (unpaired) electrons. The van der Waals surface area contributed by atoms with Gasteiger partial charge in [0.15, 0.2) is 17.3 Å². The lowest BCUT2D eigenvalue weighted by molar-refractivity contribution is 0.597. The zero-order chi connectivity index (χ0) is 13.9. The standard InChI is InChI=1S/C13H15N5OS/c1-2-3-6-20-12-7-11-16-13(17-18(11)8-15-12)9-4-5-10(14)19-9/h4-5,7-8H,2-3,6,14H2,1H3. The number of nitrogens with zero attached hydrogens (tertiary/aromatic N) is 4. The van der Waals surface area contributed by atoms with Gasteiger partial charge >= 0.3 is 0 Å². The molecule has 0 aliphatic carbocycles. The Hall–Kier alpha value is -2.02. The molecule has 0 amide bonds. The molecule has 3 aromatic rings. The lowest BCUT2D eigenvalue weighted by Gasteiger charge is -1.98. The molecule has 3 heterocycles. The number of rotatable bonds is 5. The van der Waals surface area contributed by atoms with Crippen LogP contribution in [0.15, 0.2) is 34.0 Å². The molecule has 3 aromatic heterocycles. The van der Waals surface area contributed by atoms with Gasteiger partial charge in [0.1, 0.15) is 11.4 Å². The van der Waals surface area contributed by atoms with E-state index < -0.39 is 0 Å². The van der Waals surface area contributed by atoms with Gasteiger partial charge in [-0.1, -0.05) is 13.3 Å². The van der Waals surface area contributed by atoms with Crippen LogP contribution in [0.2, 0.25) is 0 Å². The van der Waals surface area contributed by atoms with Crippen molar-refractivity contribution in [2.75, 3.05) is 11.5 Å². The molecule has 6 nitrogen and oxygen atoms in total. The van der Waals surface area contributed by atoms with E-state index >= 15 is 0 Å². The van der Waals surface area contributed by atoms with Gasteiger partial charge in [-0.2, -0.15) is 0 Å². The van der Waals surface area contributed by atoms with Gasteiger partial charge in [-0.15, -0.1) is 16.9 Å². The molecule has 0 spiro atoms. The Morgan fingerprint density at radius 2 is 2.30 bits per heavy atom. The van der Waals surface area contributed by atoms with Crippen LogP contribution in [0.25, 0.3) is 17.2 Å². The van der Waals surface area contributed by atoms with Crippen molar-refractivity contribution >= 4 is 23.3 Å². The summed E-state index contributed by atoms with van der Waals surface area (Å²) in [7, 11) is 0. The van der Waals surface area contributed by atoms with Crippen LogP contribution < -0.4 is 5.73 Å². The van der Waals surface area contributed by atoms with Crippen LogP contribution in [0, 0.1) is 0 Å². The van der Waals surface area contributed by atoms with Gasteiger partial charge in [-0.25, -0.2) is 14.5 Å². The summed E-state index contributed by atoms with van der Waals surface area (Å²) in [4.78, 5) is 8.79. The second-order valence-electron chi connectivity index (χ2n) is 4.37. The first-order valence-electron chi connectivity index (χ1n) is 6.47. The van der Waals surface area contributed by atoms with Crippen LogP contribution in [-0.2, 0) is 0 Å². The Labute approximate surface area is 120 Å². The Bertz CT molecular complexity index is 720. The number of hydrogen-bond acceptors (Lipinski definition) is 6. The summed E-state index contributed by atoms with van der Waals surface area (Å²) in [6.45, 7) is 2.18. The number of thioether (sulfide) groups is 1. The van der Waals surface area contributed by atoms with Crippen LogP contribution in [0.5, 0.6) is 0 Å². The van der Waals surface area contributed by atoms with E-state index in [0.717, 1.165) is 16.4 Å². The number of anilines is 1. The van der Waals surface area contributed by atoms with Crippen molar-refractivity contribution in [3.05, 3.63) is 24.5 Å². The number of fused-ring (bicyclic) bond motifs is 1. The maximum atomic E-state index is 5.56. The Balaban J connectivity index is 1.87. The zero-order valence-corrected chi connectivity index (χ0v) is 11.9. The van der Waals surface area contributed by atoms with Crippen LogP contribution in [0.4, 0.5) is 5.88 Å². The lowest BCUT2D eigenvalue weighted by atomic mass is 10.4. The van der Waals surface area contributed by atoms with E-state index in [1.165, 1.54) is 12.8 Å². The van der Waals surface area contributed by atoms with E-state index in [9.17, 15) is 0 Å². The van der Waals surface area contributed by atoms with E-state index in [1.807, 2.05) is 6.07 Å². The van der Waals surface area contributed by atoms with Crippen molar-refractivity contribution in [2.24, 2.45) is 0 Å². The third-order valence-corrected chi connectivity index (χ3v) is 3.81. The fraction of sp³-hybridized carbons (Fsp3) is 0.308. The molecule has 0 aromatic carbocycles. The van der Waals surface area contributed by atoms with Crippen molar-refractivity contribution in [3.63, 3.8) is 0 Å². The van der Waals surface area contributed by atoms with Gasteiger partial charge in [-0.3, -0.25) is 0 Å². The highest BCUT2D eigenvalue weighted by Crippen LogP contribution is 2.22. The molecule has 20 heavy (non-hydrogen) atoms. The Morgan fingerprint density at radius 3 is 3.05 bits per heavy atom. The molecule has 0 aliphatic heterocycles. The Kier molecular flexibility index (Phi) is 3.60. The number of nitrogen functional groups attached to an aromatic ring is 1. The molecule has 0 bridgehead atoms. The number of furan rings is 1. The molecule has 0 aliphatic rings. The van der Waals surface area contributed by atoms with Gasteiger partial charge in [0.25, 0.3) is 0 Å². The molecule has 0 saturated carbocycles. The zero-order valence-electron chi connectivity index (χ0n) is 11.1. The fourth-order valence-corrected chi connectivity index (χ4v) is 2.71.